The van der Waals surface area contributed by atoms with Crippen LogP contribution in [-0.4, -0.2) is 79.5 Å². The van der Waals surface area contributed by atoms with E-state index in [1.165, 1.54) is 36.4 Å². The summed E-state index contributed by atoms with van der Waals surface area (Å²) in [6, 6.07) is 32.5. The minimum Gasteiger partial charge on any atom is -0.459 e. The van der Waals surface area contributed by atoms with Crippen molar-refractivity contribution in [3.05, 3.63) is 144 Å². The van der Waals surface area contributed by atoms with E-state index in [0.717, 1.165) is 0 Å². The average Bonchev–Trinajstić information content (AvgIpc) is 3.14. The third kappa shape index (κ3) is 8.91. The molecule has 0 unspecified atom stereocenters. The van der Waals surface area contributed by atoms with Crippen LogP contribution in [0.25, 0.3) is 0 Å². The van der Waals surface area contributed by atoms with Crippen molar-refractivity contribution in [1.82, 2.24) is 0 Å². The van der Waals surface area contributed by atoms with E-state index in [2.05, 4.69) is 0 Å². The molecule has 1 aliphatic heterocycles. The van der Waals surface area contributed by atoms with Gasteiger partial charge in [-0.05, 0) is 55.0 Å². The summed E-state index contributed by atoms with van der Waals surface area (Å²) in [4.78, 5) is 53.4. The van der Waals surface area contributed by atoms with Gasteiger partial charge in [0.1, 0.15) is 12.7 Å². The highest BCUT2D eigenvalue weighted by Gasteiger charge is 2.53. The van der Waals surface area contributed by atoms with Gasteiger partial charge in [0.05, 0.1) is 28.9 Å². The maximum absolute atomic E-state index is 13.5. The smallest absolute Gasteiger partial charge is 0.338 e. The first-order valence-electron chi connectivity index (χ1n) is 15.3. The number of esters is 4. The molecular weight excluding hydrogens is 620 g/mol. The van der Waals surface area contributed by atoms with Crippen molar-refractivity contribution in [3.63, 3.8) is 0 Å². The highest BCUT2D eigenvalue weighted by molar-refractivity contribution is 5.91. The Morgan fingerprint density at radius 1 is 0.542 bits per heavy atom. The van der Waals surface area contributed by atoms with Crippen LogP contribution < -0.4 is 0 Å². The predicted molar refractivity (Wildman–Crippen MR) is 170 cm³/mol. The minimum absolute atomic E-state index is 0.0368. The van der Waals surface area contributed by atoms with Gasteiger partial charge in [0.25, 0.3) is 0 Å². The molecule has 5 rings (SSSR count). The first-order chi connectivity index (χ1) is 23.4. The first-order valence-corrected chi connectivity index (χ1v) is 15.3. The Morgan fingerprint density at radius 3 is 1.38 bits per heavy atom. The fourth-order valence-electron chi connectivity index (χ4n) is 4.93. The van der Waals surface area contributed by atoms with Gasteiger partial charge in [-0.2, -0.15) is 0 Å². The Kier molecular flexibility index (Phi) is 12.0. The van der Waals surface area contributed by atoms with Gasteiger partial charge < -0.3 is 33.5 Å². The Labute approximate surface area is 276 Å². The van der Waals surface area contributed by atoms with Gasteiger partial charge in [-0.1, -0.05) is 72.8 Å². The Balaban J connectivity index is 1.53. The third-order valence-electron chi connectivity index (χ3n) is 7.32. The standard InChI is InChI=1S/C37H34O11/c38-22-13-23-43-37-32(48-36(42)28-20-11-4-12-21-28)31(47-35(41)27-18-9-3-10-19-27)30(46-34(40)26-16-7-2-8-17-26)29(45-37)24-44-33(39)25-14-5-1-6-15-25/h1-12,14-21,29-32,37-38H,13,22-24H2/t29-,30+,31+,32-,37+/m1/s1. The molecule has 1 N–H and O–H groups in total. The van der Waals surface area contributed by atoms with E-state index in [9.17, 15) is 24.3 Å². The molecule has 0 aromatic heterocycles. The number of hydrogen-bond donors (Lipinski definition) is 1. The van der Waals surface area contributed by atoms with Crippen molar-refractivity contribution < 1.29 is 52.7 Å². The Hall–Kier alpha value is -5.36. The van der Waals surface area contributed by atoms with Gasteiger partial charge in [-0.15, -0.1) is 0 Å². The Bertz CT molecular complexity index is 1630. The number of hydrogen-bond acceptors (Lipinski definition) is 11. The van der Waals surface area contributed by atoms with E-state index < -0.39 is 61.2 Å². The van der Waals surface area contributed by atoms with Crippen molar-refractivity contribution in [2.75, 3.05) is 19.8 Å². The number of benzene rings is 4. The Morgan fingerprint density at radius 2 is 0.938 bits per heavy atom. The van der Waals surface area contributed by atoms with Crippen LogP contribution in [0.3, 0.4) is 0 Å². The van der Waals surface area contributed by atoms with Crippen LogP contribution in [0.15, 0.2) is 121 Å². The van der Waals surface area contributed by atoms with Crippen molar-refractivity contribution in [3.8, 4) is 0 Å². The molecule has 11 heteroatoms. The maximum Gasteiger partial charge on any atom is 0.338 e. The average molecular weight is 655 g/mol. The second kappa shape index (κ2) is 17.0. The van der Waals surface area contributed by atoms with Gasteiger partial charge in [0, 0.05) is 6.61 Å². The second-order valence-corrected chi connectivity index (χ2v) is 10.7. The quantitative estimate of drug-likeness (QED) is 0.122. The number of carbonyl (C=O) groups excluding carboxylic acids is 4. The van der Waals surface area contributed by atoms with E-state index in [-0.39, 0.29) is 41.9 Å². The normalized spacial score (nSPS) is 20.2. The third-order valence-corrected chi connectivity index (χ3v) is 7.32. The molecule has 1 saturated heterocycles. The summed E-state index contributed by atoms with van der Waals surface area (Å²) in [6.07, 6.45) is -6.90. The van der Waals surface area contributed by atoms with Gasteiger partial charge in [0.15, 0.2) is 24.6 Å². The fraction of sp³-hybridized carbons (Fsp3) is 0.243. The van der Waals surface area contributed by atoms with E-state index in [0.29, 0.717) is 0 Å². The van der Waals surface area contributed by atoms with E-state index in [1.54, 1.807) is 84.9 Å². The topological polar surface area (TPSA) is 144 Å². The molecule has 11 nitrogen and oxygen atoms in total. The zero-order chi connectivity index (χ0) is 33.7. The SMILES string of the molecule is O=C(OC[C@H]1O[C@H](OCCCO)[C@H](OC(=O)c2ccccc2)[C@@H](OC(=O)c2ccccc2)[C@H]1OC(=O)c1ccccc1)c1ccccc1. The molecule has 0 radical (unpaired) electrons. The zero-order valence-corrected chi connectivity index (χ0v) is 25.8. The largest absolute Gasteiger partial charge is 0.459 e. The molecule has 0 bridgehead atoms. The van der Waals surface area contributed by atoms with Crippen molar-refractivity contribution in [2.45, 2.75) is 37.1 Å². The number of ether oxygens (including phenoxy) is 6. The van der Waals surface area contributed by atoms with Crippen LogP contribution in [0, 0.1) is 0 Å². The molecule has 4 aromatic rings. The summed E-state index contributed by atoms with van der Waals surface area (Å²) < 4.78 is 35.6. The summed E-state index contributed by atoms with van der Waals surface area (Å²) in [7, 11) is 0. The molecule has 48 heavy (non-hydrogen) atoms. The predicted octanol–water partition coefficient (Wildman–Crippen LogP) is 4.64. The molecule has 4 aromatic carbocycles. The highest BCUT2D eigenvalue weighted by atomic mass is 16.7. The van der Waals surface area contributed by atoms with Crippen LogP contribution >= 0.6 is 0 Å². The van der Waals surface area contributed by atoms with Gasteiger partial charge in [0.2, 0.25) is 0 Å². The summed E-state index contributed by atoms with van der Waals surface area (Å²) in [6.45, 7) is -0.701. The van der Waals surface area contributed by atoms with E-state index in [4.69, 9.17) is 28.4 Å². The van der Waals surface area contributed by atoms with Crippen LogP contribution in [0.5, 0.6) is 0 Å². The second-order valence-electron chi connectivity index (χ2n) is 10.7. The summed E-state index contributed by atoms with van der Waals surface area (Å²) in [5.41, 5.74) is 0.819. The molecular formula is C37H34O11. The lowest BCUT2D eigenvalue weighted by Crippen LogP contribution is -2.63. The van der Waals surface area contributed by atoms with Crippen molar-refractivity contribution >= 4 is 23.9 Å². The van der Waals surface area contributed by atoms with Crippen molar-refractivity contribution in [1.29, 1.82) is 0 Å². The molecule has 5 atom stereocenters. The van der Waals surface area contributed by atoms with Gasteiger partial charge >= 0.3 is 23.9 Å². The molecule has 1 heterocycles. The van der Waals surface area contributed by atoms with E-state index in [1.807, 2.05) is 0 Å². The molecule has 0 spiro atoms. The lowest BCUT2D eigenvalue weighted by Gasteiger charge is -2.44. The minimum atomic E-state index is -1.51. The lowest BCUT2D eigenvalue weighted by molar-refractivity contribution is -0.298. The molecule has 0 amide bonds. The molecule has 0 aliphatic carbocycles. The molecule has 1 fully saturated rings. The van der Waals surface area contributed by atoms with Crippen LogP contribution in [-0.2, 0) is 28.4 Å². The number of aliphatic hydroxyl groups excluding tert-OH is 1. The highest BCUT2D eigenvalue weighted by Crippen LogP contribution is 2.32. The van der Waals surface area contributed by atoms with Crippen LogP contribution in [0.4, 0.5) is 0 Å². The fourth-order valence-corrected chi connectivity index (χ4v) is 4.93. The number of aliphatic hydroxyl groups is 1. The van der Waals surface area contributed by atoms with E-state index >= 15 is 0 Å². The molecule has 248 valence electrons. The first kappa shape index (κ1) is 34.0. The molecule has 0 saturated carbocycles. The summed E-state index contributed by atoms with van der Waals surface area (Å²) in [5.74, 6) is -3.07. The van der Waals surface area contributed by atoms with Gasteiger partial charge in [-0.25, -0.2) is 19.2 Å². The summed E-state index contributed by atoms with van der Waals surface area (Å²) in [5, 5.41) is 9.42. The van der Waals surface area contributed by atoms with Crippen LogP contribution in [0.1, 0.15) is 47.9 Å². The summed E-state index contributed by atoms with van der Waals surface area (Å²) >= 11 is 0. The van der Waals surface area contributed by atoms with Crippen LogP contribution in [0.2, 0.25) is 0 Å². The lowest BCUT2D eigenvalue weighted by atomic mass is 9.97. The monoisotopic (exact) mass is 654 g/mol. The number of carbonyl (C=O) groups is 4. The number of rotatable bonds is 13. The maximum atomic E-state index is 13.5. The van der Waals surface area contributed by atoms with Crippen molar-refractivity contribution in [2.24, 2.45) is 0 Å². The zero-order valence-electron chi connectivity index (χ0n) is 25.8. The molecule has 1 aliphatic rings. The van der Waals surface area contributed by atoms with Gasteiger partial charge in [-0.3, -0.25) is 0 Å².